The largest absolute Gasteiger partial charge is 0.494 e. The lowest BCUT2D eigenvalue weighted by molar-refractivity contribution is 0.0507. The molecule has 0 amide bonds. The molecule has 4 nitrogen and oxygen atoms in total. The van der Waals surface area contributed by atoms with Crippen LogP contribution in [0.15, 0.2) is 6.20 Å². The highest BCUT2D eigenvalue weighted by Gasteiger charge is 2.26. The second-order valence-corrected chi connectivity index (χ2v) is 3.30. The topological polar surface area (TPSA) is 48.4 Å². The Balaban J connectivity index is 3.31. The van der Waals surface area contributed by atoms with E-state index in [-0.39, 0.29) is 17.4 Å². The highest BCUT2D eigenvalue weighted by Crippen LogP contribution is 2.35. The van der Waals surface area contributed by atoms with Crippen LogP contribution in [0, 0.1) is 0 Å². The van der Waals surface area contributed by atoms with Crippen LogP contribution in [0.25, 0.3) is 0 Å². The zero-order chi connectivity index (χ0) is 13.0. The van der Waals surface area contributed by atoms with Crippen LogP contribution in [0.1, 0.15) is 29.4 Å². The average Bonchev–Trinajstić information content (AvgIpc) is 2.28. The van der Waals surface area contributed by atoms with E-state index in [0.717, 1.165) is 6.20 Å². The number of rotatable bonds is 4. The number of hydrogen-bond donors (Lipinski definition) is 0. The number of alkyl halides is 2. The van der Waals surface area contributed by atoms with Crippen LogP contribution in [0.3, 0.4) is 0 Å². The van der Waals surface area contributed by atoms with Crippen LogP contribution in [0.4, 0.5) is 8.78 Å². The normalized spacial score (nSPS) is 10.5. The third-order valence-corrected chi connectivity index (χ3v) is 2.32. The van der Waals surface area contributed by atoms with Gasteiger partial charge in [0.05, 0.1) is 30.5 Å². The molecule has 0 N–H and O–H groups in total. The number of halogens is 3. The minimum absolute atomic E-state index is 0.0185. The Kier molecular flexibility index (Phi) is 4.62. The third kappa shape index (κ3) is 2.82. The number of pyridine rings is 1. The number of hydrogen-bond acceptors (Lipinski definition) is 4. The molecule has 0 aliphatic rings. The fourth-order valence-corrected chi connectivity index (χ4v) is 1.49. The first-order valence-corrected chi connectivity index (χ1v) is 5.08. The van der Waals surface area contributed by atoms with Gasteiger partial charge in [-0.1, -0.05) is 11.6 Å². The lowest BCUT2D eigenvalue weighted by Crippen LogP contribution is -2.12. The molecule has 7 heteroatoms. The lowest BCUT2D eigenvalue weighted by Gasteiger charge is -2.11. The molecule has 0 bridgehead atoms. The zero-order valence-electron chi connectivity index (χ0n) is 9.17. The first-order chi connectivity index (χ1) is 8.02. The Bertz CT molecular complexity index is 426. The highest BCUT2D eigenvalue weighted by atomic mass is 35.5. The molecule has 17 heavy (non-hydrogen) atoms. The summed E-state index contributed by atoms with van der Waals surface area (Å²) in [6, 6.07) is 0. The summed E-state index contributed by atoms with van der Waals surface area (Å²) in [6.45, 7) is 1.62. The van der Waals surface area contributed by atoms with Crippen molar-refractivity contribution < 1.29 is 23.0 Å². The van der Waals surface area contributed by atoms with Gasteiger partial charge in [-0.05, 0) is 6.92 Å². The number of esters is 1. The van der Waals surface area contributed by atoms with Gasteiger partial charge in [0.1, 0.15) is 0 Å². The monoisotopic (exact) mass is 265 g/mol. The van der Waals surface area contributed by atoms with Gasteiger partial charge in [-0.25, -0.2) is 18.6 Å². The molecule has 0 unspecified atom stereocenters. The maximum Gasteiger partial charge on any atom is 0.357 e. The van der Waals surface area contributed by atoms with Gasteiger partial charge in [-0.15, -0.1) is 0 Å². The van der Waals surface area contributed by atoms with Crippen LogP contribution in [-0.2, 0) is 4.74 Å². The van der Waals surface area contributed by atoms with Gasteiger partial charge in [0.25, 0.3) is 6.43 Å². The summed E-state index contributed by atoms with van der Waals surface area (Å²) in [6.07, 6.45) is -1.84. The summed E-state index contributed by atoms with van der Waals surface area (Å²) in [7, 11) is 1.27. The van der Waals surface area contributed by atoms with Gasteiger partial charge in [-0.2, -0.15) is 0 Å². The number of ether oxygens (including phenoxy) is 2. The van der Waals surface area contributed by atoms with Crippen molar-refractivity contribution in [1.82, 2.24) is 4.98 Å². The lowest BCUT2D eigenvalue weighted by atomic mass is 10.2. The van der Waals surface area contributed by atoms with E-state index in [1.165, 1.54) is 7.11 Å². The second kappa shape index (κ2) is 5.77. The molecule has 1 aromatic heterocycles. The number of aromatic nitrogens is 1. The fourth-order valence-electron chi connectivity index (χ4n) is 1.19. The second-order valence-electron chi connectivity index (χ2n) is 2.92. The van der Waals surface area contributed by atoms with Crippen LogP contribution in [-0.4, -0.2) is 24.7 Å². The van der Waals surface area contributed by atoms with Gasteiger partial charge in [0, 0.05) is 0 Å². The molecule has 0 saturated carbocycles. The summed E-state index contributed by atoms with van der Waals surface area (Å²) >= 11 is 5.70. The van der Waals surface area contributed by atoms with Crippen molar-refractivity contribution in [3.8, 4) is 5.75 Å². The summed E-state index contributed by atoms with van der Waals surface area (Å²) in [5, 5.41) is -0.333. The molecule has 0 aliphatic heterocycles. The maximum atomic E-state index is 12.8. The first-order valence-electron chi connectivity index (χ1n) is 4.70. The third-order valence-electron chi connectivity index (χ3n) is 1.93. The Morgan fingerprint density at radius 1 is 1.59 bits per heavy atom. The molecule has 0 saturated heterocycles. The van der Waals surface area contributed by atoms with Crippen LogP contribution >= 0.6 is 11.6 Å². The predicted octanol–water partition coefficient (Wildman–Crippen LogP) is 2.86. The average molecular weight is 266 g/mol. The molecule has 1 rings (SSSR count). The maximum absolute atomic E-state index is 12.8. The standard InChI is InChI=1S/C10H10ClF2NO3/c1-3-17-10(15)8-6(9(12)13)7(11)5(16-2)4-14-8/h4,9H,3H2,1-2H3. The van der Waals surface area contributed by atoms with E-state index in [4.69, 9.17) is 16.3 Å². The van der Waals surface area contributed by atoms with Crippen molar-refractivity contribution in [3.05, 3.63) is 22.5 Å². The Labute approximate surface area is 101 Å². The molecule has 94 valence electrons. The zero-order valence-corrected chi connectivity index (χ0v) is 9.92. The first kappa shape index (κ1) is 13.6. The highest BCUT2D eigenvalue weighted by molar-refractivity contribution is 6.33. The van der Waals surface area contributed by atoms with Gasteiger partial charge >= 0.3 is 5.97 Å². The smallest absolute Gasteiger partial charge is 0.357 e. The fraction of sp³-hybridized carbons (Fsp3) is 0.400. The van der Waals surface area contributed by atoms with Crippen molar-refractivity contribution in [2.45, 2.75) is 13.3 Å². The van der Waals surface area contributed by atoms with E-state index in [1.807, 2.05) is 0 Å². The summed E-state index contributed by atoms with van der Waals surface area (Å²) in [5.41, 5.74) is -1.17. The van der Waals surface area contributed by atoms with E-state index in [9.17, 15) is 13.6 Å². The predicted molar refractivity (Wildman–Crippen MR) is 56.7 cm³/mol. The minimum atomic E-state index is -2.94. The number of nitrogens with zero attached hydrogens (tertiary/aromatic N) is 1. The molecule has 0 fully saturated rings. The van der Waals surface area contributed by atoms with Gasteiger partial charge in [0.15, 0.2) is 11.4 Å². The van der Waals surface area contributed by atoms with E-state index >= 15 is 0 Å². The molecule has 0 aliphatic carbocycles. The molecular formula is C10H10ClF2NO3. The van der Waals surface area contributed by atoms with Crippen LogP contribution in [0.2, 0.25) is 5.02 Å². The van der Waals surface area contributed by atoms with E-state index in [2.05, 4.69) is 9.72 Å². The van der Waals surface area contributed by atoms with Gasteiger partial charge in [-0.3, -0.25) is 0 Å². The quantitative estimate of drug-likeness (QED) is 0.786. The Morgan fingerprint density at radius 3 is 2.71 bits per heavy atom. The van der Waals surface area contributed by atoms with Gasteiger partial charge < -0.3 is 9.47 Å². The van der Waals surface area contributed by atoms with E-state index in [1.54, 1.807) is 6.92 Å². The van der Waals surface area contributed by atoms with Crippen molar-refractivity contribution in [3.63, 3.8) is 0 Å². The van der Waals surface area contributed by atoms with Crippen LogP contribution in [0.5, 0.6) is 5.75 Å². The van der Waals surface area contributed by atoms with E-state index < -0.39 is 23.7 Å². The number of methoxy groups -OCH3 is 1. The van der Waals surface area contributed by atoms with Crippen molar-refractivity contribution in [2.75, 3.05) is 13.7 Å². The van der Waals surface area contributed by atoms with Gasteiger partial charge in [0.2, 0.25) is 0 Å². The number of carbonyl (C=O) groups is 1. The molecular weight excluding hydrogens is 256 g/mol. The SMILES string of the molecule is CCOC(=O)c1ncc(OC)c(Cl)c1C(F)F. The Morgan fingerprint density at radius 2 is 2.24 bits per heavy atom. The van der Waals surface area contributed by atoms with Crippen molar-refractivity contribution in [1.29, 1.82) is 0 Å². The summed E-state index contributed by atoms with van der Waals surface area (Å²) in [5.74, 6) is -0.956. The van der Waals surface area contributed by atoms with Crippen molar-refractivity contribution >= 4 is 17.6 Å². The molecule has 1 aromatic rings. The molecule has 0 aromatic carbocycles. The number of carbonyl (C=O) groups excluding carboxylic acids is 1. The van der Waals surface area contributed by atoms with Crippen LogP contribution < -0.4 is 4.74 Å². The molecule has 0 radical (unpaired) electrons. The summed E-state index contributed by atoms with van der Waals surface area (Å²) in [4.78, 5) is 15.0. The molecule has 0 atom stereocenters. The molecule has 0 spiro atoms. The summed E-state index contributed by atoms with van der Waals surface area (Å²) < 4.78 is 35.0. The minimum Gasteiger partial charge on any atom is -0.494 e. The van der Waals surface area contributed by atoms with Crippen molar-refractivity contribution in [2.24, 2.45) is 0 Å². The Hall–Kier alpha value is -1.43. The van der Waals surface area contributed by atoms with E-state index in [0.29, 0.717) is 0 Å². The molecule has 1 heterocycles.